The molecule has 0 unspecified atom stereocenters. The van der Waals surface area contributed by atoms with Crippen molar-refractivity contribution in [1.82, 2.24) is 0 Å². The van der Waals surface area contributed by atoms with Crippen molar-refractivity contribution in [3.63, 3.8) is 0 Å². The summed E-state index contributed by atoms with van der Waals surface area (Å²) >= 11 is 0. The molecule has 0 aliphatic carbocycles. The molecular weight excluding hydrogens is 422 g/mol. The molecule has 0 aromatic rings. The number of likely N-dealkylation sites (tertiary alicyclic amines) is 1. The summed E-state index contributed by atoms with van der Waals surface area (Å²) in [6.45, 7) is 4.42. The lowest BCUT2D eigenvalue weighted by Crippen LogP contribution is -2.49. The molecule has 1 heterocycles. The van der Waals surface area contributed by atoms with Crippen LogP contribution in [0.5, 0.6) is 0 Å². The van der Waals surface area contributed by atoms with Gasteiger partial charge in [-0.2, -0.15) is 26.3 Å². The summed E-state index contributed by atoms with van der Waals surface area (Å²) < 4.78 is 110. The Kier molecular flexibility index (Phi) is 8.77. The van der Waals surface area contributed by atoms with E-state index >= 15 is 0 Å². The number of aliphatic hydroxyl groups is 2. The summed E-state index contributed by atoms with van der Waals surface area (Å²) in [5, 5.41) is 17.6. The zero-order valence-electron chi connectivity index (χ0n) is 13.2. The molecule has 0 spiro atoms. The monoisotopic (exact) mass is 440 g/mol. The fourth-order valence-corrected chi connectivity index (χ4v) is 3.91. The minimum atomic E-state index is -6.72. The van der Waals surface area contributed by atoms with Gasteiger partial charge in [-0.15, -0.1) is 0 Å². The topological polar surface area (TPSA) is 123 Å². The molecule has 0 atom stereocenters. The highest BCUT2D eigenvalue weighted by Crippen LogP contribution is 2.36. The second-order valence-corrected chi connectivity index (χ2v) is 8.73. The molecule has 158 valence electrons. The number of nitrogens with zero attached hydrogens (tertiary/aromatic N) is 2. The Labute approximate surface area is 146 Å². The minimum Gasteiger partial charge on any atom is -0.421 e. The van der Waals surface area contributed by atoms with Gasteiger partial charge >= 0.3 is 11.0 Å². The molecule has 0 radical (unpaired) electrons. The van der Waals surface area contributed by atoms with E-state index in [1.54, 1.807) is 0 Å². The molecule has 16 heteroatoms. The van der Waals surface area contributed by atoms with Crippen molar-refractivity contribution >= 4 is 20.0 Å². The second-order valence-electron chi connectivity index (χ2n) is 5.31. The first-order valence-electron chi connectivity index (χ1n) is 6.97. The van der Waals surface area contributed by atoms with Crippen LogP contribution < -0.4 is 0 Å². The molecule has 0 saturated carbocycles. The number of hydrogen-bond acceptors (Lipinski definition) is 6. The molecule has 1 aliphatic heterocycles. The molecular formula is C10H18F6N2O6S2. The van der Waals surface area contributed by atoms with Crippen LogP contribution in [0.3, 0.4) is 0 Å². The average molecular weight is 440 g/mol. The van der Waals surface area contributed by atoms with Crippen LogP contribution in [0.15, 0.2) is 0 Å². The van der Waals surface area contributed by atoms with Gasteiger partial charge in [0.2, 0.25) is 0 Å². The number of aliphatic hydroxyl groups excluding tert-OH is 2. The van der Waals surface area contributed by atoms with Gasteiger partial charge in [0.25, 0.3) is 0 Å². The van der Waals surface area contributed by atoms with Crippen molar-refractivity contribution in [1.29, 1.82) is 0 Å². The fraction of sp³-hybridized carbons (Fsp3) is 1.00. The van der Waals surface area contributed by atoms with Gasteiger partial charge in [0.15, 0.2) is 20.0 Å². The molecule has 0 bridgehead atoms. The summed E-state index contributed by atoms with van der Waals surface area (Å²) in [4.78, 5) is 0. The molecule has 1 fully saturated rings. The summed E-state index contributed by atoms with van der Waals surface area (Å²) in [6, 6.07) is 0. The smallest absolute Gasteiger partial charge is 0.421 e. The summed E-state index contributed by atoms with van der Waals surface area (Å²) in [7, 11) is -13.4. The van der Waals surface area contributed by atoms with Crippen molar-refractivity contribution < 1.29 is 57.9 Å². The van der Waals surface area contributed by atoms with E-state index in [1.807, 2.05) is 0 Å². The third-order valence-electron chi connectivity index (χ3n) is 3.44. The van der Waals surface area contributed by atoms with E-state index in [1.165, 1.54) is 12.8 Å². The Morgan fingerprint density at radius 1 is 0.769 bits per heavy atom. The largest absolute Gasteiger partial charge is 0.480 e. The third kappa shape index (κ3) is 7.15. The average Bonchev–Trinajstić information content (AvgIpc) is 2.85. The molecule has 26 heavy (non-hydrogen) atoms. The molecule has 1 rings (SSSR count). The molecule has 1 saturated heterocycles. The lowest BCUT2D eigenvalue weighted by Gasteiger charge is -2.32. The van der Waals surface area contributed by atoms with Gasteiger partial charge < -0.3 is 18.8 Å². The van der Waals surface area contributed by atoms with Crippen molar-refractivity contribution in [2.45, 2.75) is 23.9 Å². The van der Waals surface area contributed by atoms with Gasteiger partial charge in [-0.25, -0.2) is 16.8 Å². The van der Waals surface area contributed by atoms with Gasteiger partial charge in [-0.05, 0) is 0 Å². The lowest BCUT2D eigenvalue weighted by atomic mass is 10.4. The van der Waals surface area contributed by atoms with Gasteiger partial charge in [0, 0.05) is 12.8 Å². The number of hydrogen-bond donors (Lipinski definition) is 2. The van der Waals surface area contributed by atoms with E-state index in [-0.39, 0.29) is 13.2 Å². The van der Waals surface area contributed by atoms with Gasteiger partial charge in [0.1, 0.15) is 13.1 Å². The molecule has 0 amide bonds. The van der Waals surface area contributed by atoms with E-state index in [9.17, 15) is 43.2 Å². The van der Waals surface area contributed by atoms with E-state index in [0.717, 1.165) is 34.8 Å². The minimum absolute atomic E-state index is 0.250. The number of sulfonamides is 2. The van der Waals surface area contributed by atoms with Gasteiger partial charge in [-0.1, -0.05) is 0 Å². The zero-order chi connectivity index (χ0) is 20.9. The number of alkyl halides is 6. The molecule has 8 nitrogen and oxygen atoms in total. The predicted octanol–water partition coefficient (Wildman–Crippen LogP) is 0.641. The van der Waals surface area contributed by atoms with E-state index in [0.29, 0.717) is 0 Å². The van der Waals surface area contributed by atoms with Gasteiger partial charge in [0.05, 0.1) is 26.3 Å². The highest BCUT2D eigenvalue weighted by molar-refractivity contribution is 8.13. The Morgan fingerprint density at radius 3 is 1.31 bits per heavy atom. The highest BCUT2D eigenvalue weighted by Gasteiger charge is 2.46. The zero-order valence-corrected chi connectivity index (χ0v) is 14.8. The number of rotatable bonds is 6. The van der Waals surface area contributed by atoms with Crippen molar-refractivity contribution in [3.05, 3.63) is 4.13 Å². The van der Waals surface area contributed by atoms with Crippen LogP contribution in [0.4, 0.5) is 26.3 Å². The Hall–Kier alpha value is -0.680. The third-order valence-corrected chi connectivity index (χ3v) is 6.18. The van der Waals surface area contributed by atoms with Crippen LogP contribution in [0.25, 0.3) is 4.13 Å². The van der Waals surface area contributed by atoms with Crippen molar-refractivity contribution in [2.24, 2.45) is 0 Å². The molecule has 0 aromatic carbocycles. The normalized spacial score (nSPS) is 18.3. The van der Waals surface area contributed by atoms with Crippen LogP contribution in [-0.4, -0.2) is 81.9 Å². The fourth-order valence-electron chi connectivity index (χ4n) is 2.20. The standard InChI is InChI=1S/C8H18NO2.C2F6NO4S2/c10-7-5-9(6-8-11)3-1-2-4-9;3-1(4,5)14(10,11)9-15(12,13)2(6,7)8/h10-11H,1-8H2;/q+1;-1. The first-order chi connectivity index (χ1) is 11.5. The van der Waals surface area contributed by atoms with Crippen LogP contribution in [0, 0.1) is 0 Å². The highest BCUT2D eigenvalue weighted by atomic mass is 32.3. The van der Waals surface area contributed by atoms with Crippen LogP contribution >= 0.6 is 0 Å². The SMILES string of the molecule is O=S(=O)([N-]S(=O)(=O)C(F)(F)F)C(F)(F)F.OCC[N+]1(CCO)CCCC1. The summed E-state index contributed by atoms with van der Waals surface area (Å²) in [5.74, 6) is 0. The molecule has 0 aromatic heterocycles. The van der Waals surface area contributed by atoms with Crippen LogP contribution in [-0.2, 0) is 20.0 Å². The maximum absolute atomic E-state index is 11.4. The van der Waals surface area contributed by atoms with Crippen molar-refractivity contribution in [3.8, 4) is 0 Å². The van der Waals surface area contributed by atoms with Crippen LogP contribution in [0.1, 0.15) is 12.8 Å². The quantitative estimate of drug-likeness (QED) is 0.462. The maximum Gasteiger partial charge on any atom is 0.480 e. The maximum atomic E-state index is 11.4. The van der Waals surface area contributed by atoms with E-state index < -0.39 is 31.1 Å². The van der Waals surface area contributed by atoms with Gasteiger partial charge in [-0.3, -0.25) is 0 Å². The number of quaternary nitrogens is 1. The molecule has 2 N–H and O–H groups in total. The summed E-state index contributed by atoms with van der Waals surface area (Å²) in [5.41, 5.74) is -12.4. The molecule has 1 aliphatic rings. The van der Waals surface area contributed by atoms with Crippen LogP contribution in [0.2, 0.25) is 0 Å². The lowest BCUT2D eigenvalue weighted by molar-refractivity contribution is -0.917. The first-order valence-corrected chi connectivity index (χ1v) is 9.85. The number of halogens is 6. The Morgan fingerprint density at radius 2 is 1.08 bits per heavy atom. The Bertz CT molecular complexity index is 590. The summed E-state index contributed by atoms with van der Waals surface area (Å²) in [6.07, 6.45) is 2.50. The van der Waals surface area contributed by atoms with E-state index in [2.05, 4.69) is 0 Å². The first kappa shape index (κ1) is 25.3. The van der Waals surface area contributed by atoms with Crippen molar-refractivity contribution in [2.75, 3.05) is 39.4 Å². The second kappa shape index (κ2) is 9.01. The predicted molar refractivity (Wildman–Crippen MR) is 76.4 cm³/mol. The van der Waals surface area contributed by atoms with E-state index in [4.69, 9.17) is 10.2 Å². The Balaban J connectivity index is 0.000000502.